The summed E-state index contributed by atoms with van der Waals surface area (Å²) in [7, 11) is 0. The monoisotopic (exact) mass is 218 g/mol. The van der Waals surface area contributed by atoms with Crippen molar-refractivity contribution in [2.24, 2.45) is 0 Å². The lowest BCUT2D eigenvalue weighted by Gasteiger charge is -2.14. The van der Waals surface area contributed by atoms with E-state index in [1.807, 2.05) is 19.1 Å². The molecule has 2 aromatic heterocycles. The Morgan fingerprint density at radius 1 is 1.50 bits per heavy atom. The summed E-state index contributed by atoms with van der Waals surface area (Å²) in [6.07, 6.45) is 5.00. The lowest BCUT2D eigenvalue weighted by atomic mass is 10.2. The number of pyridine rings is 1. The molecule has 0 saturated carbocycles. The molecule has 0 aliphatic heterocycles. The van der Waals surface area contributed by atoms with Gasteiger partial charge < -0.3 is 14.8 Å². The van der Waals surface area contributed by atoms with Gasteiger partial charge in [-0.25, -0.2) is 0 Å². The van der Waals surface area contributed by atoms with Gasteiger partial charge in [0.2, 0.25) is 0 Å². The minimum atomic E-state index is -0.00424. The van der Waals surface area contributed by atoms with Crippen molar-refractivity contribution in [2.45, 2.75) is 19.6 Å². The Balaban J connectivity index is 2.14. The van der Waals surface area contributed by atoms with Gasteiger partial charge in [0.05, 0.1) is 30.8 Å². The van der Waals surface area contributed by atoms with Gasteiger partial charge in [-0.05, 0) is 25.1 Å². The number of hydrogen-bond acceptors (Lipinski definition) is 4. The SMILES string of the molecule is CC(Nc1cnccc1CO)c1ccco1. The summed E-state index contributed by atoms with van der Waals surface area (Å²) in [6.45, 7) is 1.99. The Morgan fingerprint density at radius 2 is 2.38 bits per heavy atom. The number of aromatic nitrogens is 1. The average Bonchev–Trinajstić information content (AvgIpc) is 2.83. The highest BCUT2D eigenvalue weighted by Gasteiger charge is 2.09. The van der Waals surface area contributed by atoms with E-state index in [0.717, 1.165) is 17.0 Å². The molecular weight excluding hydrogens is 204 g/mol. The van der Waals surface area contributed by atoms with Gasteiger partial charge in [-0.2, -0.15) is 0 Å². The second kappa shape index (κ2) is 4.81. The van der Waals surface area contributed by atoms with Crippen LogP contribution in [0.4, 0.5) is 5.69 Å². The number of anilines is 1. The summed E-state index contributed by atoms with van der Waals surface area (Å²) >= 11 is 0. The molecule has 1 unspecified atom stereocenters. The van der Waals surface area contributed by atoms with E-state index in [9.17, 15) is 5.11 Å². The van der Waals surface area contributed by atoms with Crippen LogP contribution in [0.2, 0.25) is 0 Å². The van der Waals surface area contributed by atoms with Crippen LogP contribution >= 0.6 is 0 Å². The second-order valence-electron chi connectivity index (χ2n) is 3.57. The van der Waals surface area contributed by atoms with Crippen LogP contribution in [0, 0.1) is 0 Å². The van der Waals surface area contributed by atoms with Crippen LogP contribution < -0.4 is 5.32 Å². The minimum Gasteiger partial charge on any atom is -0.467 e. The molecule has 4 heteroatoms. The first-order chi connectivity index (χ1) is 7.81. The number of aliphatic hydroxyl groups is 1. The normalized spacial score (nSPS) is 12.4. The number of nitrogens with zero attached hydrogens (tertiary/aromatic N) is 1. The van der Waals surface area contributed by atoms with E-state index in [1.54, 1.807) is 24.7 Å². The maximum absolute atomic E-state index is 9.17. The molecule has 16 heavy (non-hydrogen) atoms. The molecule has 0 amide bonds. The Hall–Kier alpha value is -1.81. The molecule has 0 radical (unpaired) electrons. The smallest absolute Gasteiger partial charge is 0.125 e. The number of furan rings is 1. The molecule has 0 spiro atoms. The fraction of sp³-hybridized carbons (Fsp3) is 0.250. The summed E-state index contributed by atoms with van der Waals surface area (Å²) in [5, 5.41) is 12.4. The summed E-state index contributed by atoms with van der Waals surface area (Å²) in [4.78, 5) is 4.02. The maximum Gasteiger partial charge on any atom is 0.125 e. The summed E-state index contributed by atoms with van der Waals surface area (Å²) in [5.74, 6) is 0.854. The van der Waals surface area contributed by atoms with E-state index in [4.69, 9.17) is 4.42 Å². The van der Waals surface area contributed by atoms with Crippen LogP contribution in [0.25, 0.3) is 0 Å². The zero-order chi connectivity index (χ0) is 11.4. The third-order valence-corrected chi connectivity index (χ3v) is 2.42. The molecule has 0 aromatic carbocycles. The van der Waals surface area contributed by atoms with Crippen molar-refractivity contribution in [3.8, 4) is 0 Å². The van der Waals surface area contributed by atoms with E-state index in [2.05, 4.69) is 10.3 Å². The number of aliphatic hydroxyl groups excluding tert-OH is 1. The Labute approximate surface area is 93.9 Å². The van der Waals surface area contributed by atoms with Crippen LogP contribution in [0.1, 0.15) is 24.3 Å². The van der Waals surface area contributed by atoms with Gasteiger partial charge >= 0.3 is 0 Å². The maximum atomic E-state index is 9.17. The van der Waals surface area contributed by atoms with Gasteiger partial charge in [-0.15, -0.1) is 0 Å². The molecule has 4 nitrogen and oxygen atoms in total. The molecule has 2 aromatic rings. The van der Waals surface area contributed by atoms with Crippen LogP contribution in [0.3, 0.4) is 0 Å². The summed E-state index contributed by atoms with van der Waals surface area (Å²) < 4.78 is 5.30. The van der Waals surface area contributed by atoms with Crippen molar-refractivity contribution < 1.29 is 9.52 Å². The van der Waals surface area contributed by atoms with Crippen LogP contribution in [0.5, 0.6) is 0 Å². The van der Waals surface area contributed by atoms with Gasteiger partial charge in [0, 0.05) is 11.8 Å². The predicted molar refractivity (Wildman–Crippen MR) is 60.9 cm³/mol. The first-order valence-corrected chi connectivity index (χ1v) is 5.15. The van der Waals surface area contributed by atoms with Crippen molar-refractivity contribution in [1.82, 2.24) is 4.98 Å². The van der Waals surface area contributed by atoms with E-state index in [1.165, 1.54) is 0 Å². The Morgan fingerprint density at radius 3 is 3.06 bits per heavy atom. The standard InChI is InChI=1S/C12H14N2O2/c1-9(12-3-2-6-16-12)14-11-7-13-5-4-10(11)8-15/h2-7,9,14-15H,8H2,1H3. The van der Waals surface area contributed by atoms with Gasteiger partial charge in [0.25, 0.3) is 0 Å². The van der Waals surface area contributed by atoms with Crippen LogP contribution in [-0.4, -0.2) is 10.1 Å². The molecular formula is C12H14N2O2. The fourth-order valence-electron chi connectivity index (χ4n) is 1.53. The van der Waals surface area contributed by atoms with E-state index in [-0.39, 0.29) is 12.6 Å². The van der Waals surface area contributed by atoms with Gasteiger partial charge in [0.15, 0.2) is 0 Å². The van der Waals surface area contributed by atoms with Crippen molar-refractivity contribution in [2.75, 3.05) is 5.32 Å². The zero-order valence-corrected chi connectivity index (χ0v) is 9.05. The second-order valence-corrected chi connectivity index (χ2v) is 3.57. The lowest BCUT2D eigenvalue weighted by Crippen LogP contribution is -2.08. The molecule has 2 heterocycles. The third-order valence-electron chi connectivity index (χ3n) is 2.42. The van der Waals surface area contributed by atoms with E-state index < -0.39 is 0 Å². The minimum absolute atomic E-state index is 0.00424. The predicted octanol–water partition coefficient (Wildman–Crippen LogP) is 2.34. The first-order valence-electron chi connectivity index (χ1n) is 5.15. The van der Waals surface area contributed by atoms with Crippen molar-refractivity contribution in [3.05, 3.63) is 48.2 Å². The Kier molecular flexibility index (Phi) is 3.22. The summed E-state index contributed by atoms with van der Waals surface area (Å²) in [6, 6.07) is 5.59. The molecule has 0 bridgehead atoms. The highest BCUT2D eigenvalue weighted by atomic mass is 16.3. The largest absolute Gasteiger partial charge is 0.467 e. The molecule has 0 saturated heterocycles. The Bertz CT molecular complexity index is 440. The fourth-order valence-corrected chi connectivity index (χ4v) is 1.53. The highest BCUT2D eigenvalue weighted by Crippen LogP contribution is 2.21. The quantitative estimate of drug-likeness (QED) is 0.827. The molecule has 1 atom stereocenters. The number of hydrogen-bond donors (Lipinski definition) is 2. The molecule has 0 fully saturated rings. The first kappa shape index (κ1) is 10.7. The molecule has 0 aliphatic carbocycles. The van der Waals surface area contributed by atoms with E-state index >= 15 is 0 Å². The zero-order valence-electron chi connectivity index (χ0n) is 9.05. The third kappa shape index (κ3) is 2.23. The molecule has 84 valence electrons. The summed E-state index contributed by atoms with van der Waals surface area (Å²) in [5.41, 5.74) is 1.65. The molecule has 2 N–H and O–H groups in total. The van der Waals surface area contributed by atoms with Gasteiger partial charge in [-0.1, -0.05) is 0 Å². The van der Waals surface area contributed by atoms with Crippen molar-refractivity contribution in [1.29, 1.82) is 0 Å². The lowest BCUT2D eigenvalue weighted by molar-refractivity contribution is 0.282. The topological polar surface area (TPSA) is 58.3 Å². The van der Waals surface area contributed by atoms with Gasteiger partial charge in [-0.3, -0.25) is 4.98 Å². The van der Waals surface area contributed by atoms with Crippen LogP contribution in [-0.2, 0) is 6.61 Å². The van der Waals surface area contributed by atoms with Gasteiger partial charge in [0.1, 0.15) is 5.76 Å². The number of rotatable bonds is 4. The molecule has 0 aliphatic rings. The van der Waals surface area contributed by atoms with Crippen molar-refractivity contribution in [3.63, 3.8) is 0 Å². The van der Waals surface area contributed by atoms with Crippen molar-refractivity contribution >= 4 is 5.69 Å². The average molecular weight is 218 g/mol. The number of nitrogens with one attached hydrogen (secondary N) is 1. The van der Waals surface area contributed by atoms with E-state index in [0.29, 0.717) is 0 Å². The van der Waals surface area contributed by atoms with Crippen LogP contribution in [0.15, 0.2) is 41.3 Å². The highest BCUT2D eigenvalue weighted by molar-refractivity contribution is 5.49. The molecule has 2 rings (SSSR count).